The Hall–Kier alpha value is -3.57. The first-order valence-corrected chi connectivity index (χ1v) is 11.2. The molecule has 0 bridgehead atoms. The van der Waals surface area contributed by atoms with Crippen LogP contribution in [0.3, 0.4) is 0 Å². The predicted molar refractivity (Wildman–Crippen MR) is 132 cm³/mol. The summed E-state index contributed by atoms with van der Waals surface area (Å²) < 4.78 is 0. The maximum atomic E-state index is 10.8. The maximum Gasteiger partial charge on any atom is 0.199 e. The van der Waals surface area contributed by atoms with E-state index in [0.717, 1.165) is 35.1 Å². The highest BCUT2D eigenvalue weighted by Gasteiger charge is 2.19. The van der Waals surface area contributed by atoms with Crippen LogP contribution in [0.2, 0.25) is 0 Å². The van der Waals surface area contributed by atoms with Gasteiger partial charge < -0.3 is 20.7 Å². The van der Waals surface area contributed by atoms with Crippen molar-refractivity contribution in [3.05, 3.63) is 89.5 Å². The van der Waals surface area contributed by atoms with Gasteiger partial charge in [-0.3, -0.25) is 0 Å². The summed E-state index contributed by atoms with van der Waals surface area (Å²) in [5.41, 5.74) is 12.0. The minimum atomic E-state index is 0.0930. The SMILES string of the molecule is Nc1ccc2[nH]c(O)c(C(=Nc3ccc(CCN4CCCC4)cc3)c3ccccc3)c2c1. The number of rotatable bonds is 6. The van der Waals surface area contributed by atoms with Crippen molar-refractivity contribution in [2.24, 2.45) is 4.99 Å². The number of aromatic amines is 1. The van der Waals surface area contributed by atoms with Crippen LogP contribution in [0.4, 0.5) is 11.4 Å². The summed E-state index contributed by atoms with van der Waals surface area (Å²) in [7, 11) is 0. The summed E-state index contributed by atoms with van der Waals surface area (Å²) in [4.78, 5) is 10.6. The smallest absolute Gasteiger partial charge is 0.199 e. The molecule has 0 saturated carbocycles. The van der Waals surface area contributed by atoms with Crippen LogP contribution < -0.4 is 5.73 Å². The molecule has 0 atom stereocenters. The van der Waals surface area contributed by atoms with Crippen molar-refractivity contribution in [3.8, 4) is 5.88 Å². The van der Waals surface area contributed by atoms with E-state index >= 15 is 0 Å². The average Bonchev–Trinajstić information content (AvgIpc) is 3.45. The number of hydrogen-bond donors (Lipinski definition) is 3. The van der Waals surface area contributed by atoms with Gasteiger partial charge in [0, 0.05) is 28.7 Å². The van der Waals surface area contributed by atoms with Crippen LogP contribution in [0, 0.1) is 0 Å². The highest BCUT2D eigenvalue weighted by Crippen LogP contribution is 2.32. The van der Waals surface area contributed by atoms with Crippen molar-refractivity contribution in [1.29, 1.82) is 0 Å². The molecule has 5 heteroatoms. The molecular weight excluding hydrogens is 396 g/mol. The van der Waals surface area contributed by atoms with Gasteiger partial charge in [0.15, 0.2) is 5.88 Å². The van der Waals surface area contributed by atoms with Crippen LogP contribution in [0.25, 0.3) is 10.9 Å². The number of nitrogen functional groups attached to an aromatic ring is 1. The van der Waals surface area contributed by atoms with E-state index in [1.54, 1.807) is 0 Å². The molecule has 1 aromatic heterocycles. The van der Waals surface area contributed by atoms with Crippen LogP contribution in [0.5, 0.6) is 5.88 Å². The molecule has 5 rings (SSSR count). The van der Waals surface area contributed by atoms with Crippen LogP contribution in [0.15, 0.2) is 77.8 Å². The summed E-state index contributed by atoms with van der Waals surface area (Å²) in [6.45, 7) is 3.56. The second kappa shape index (κ2) is 8.89. The first-order chi connectivity index (χ1) is 15.7. The Morgan fingerprint density at radius 1 is 0.969 bits per heavy atom. The van der Waals surface area contributed by atoms with Gasteiger partial charge in [0.05, 0.1) is 17.0 Å². The molecule has 1 fully saturated rings. The number of nitrogens with zero attached hydrogens (tertiary/aromatic N) is 2. The number of hydrogen-bond acceptors (Lipinski definition) is 4. The number of nitrogens with one attached hydrogen (secondary N) is 1. The average molecular weight is 425 g/mol. The Morgan fingerprint density at radius 2 is 1.72 bits per heavy atom. The zero-order chi connectivity index (χ0) is 21.9. The summed E-state index contributed by atoms with van der Waals surface area (Å²) >= 11 is 0. The third kappa shape index (κ3) is 4.25. The lowest BCUT2D eigenvalue weighted by Gasteiger charge is -2.14. The molecule has 162 valence electrons. The van der Waals surface area contributed by atoms with E-state index in [2.05, 4.69) is 34.1 Å². The van der Waals surface area contributed by atoms with E-state index in [9.17, 15) is 5.11 Å². The highest BCUT2D eigenvalue weighted by atomic mass is 16.3. The lowest BCUT2D eigenvalue weighted by Crippen LogP contribution is -2.21. The standard InChI is InChI=1S/C27H28N4O/c28-21-10-13-24-23(18-21)25(27(32)30-24)26(20-6-2-1-3-7-20)29-22-11-8-19(9-12-22)14-17-31-15-4-5-16-31/h1-3,6-13,18,30,32H,4-5,14-17,28H2. The molecule has 0 aliphatic carbocycles. The van der Waals surface area contributed by atoms with Crippen LogP contribution in [-0.4, -0.2) is 40.3 Å². The topological polar surface area (TPSA) is 77.6 Å². The summed E-state index contributed by atoms with van der Waals surface area (Å²) in [6.07, 6.45) is 3.70. The lowest BCUT2D eigenvalue weighted by molar-refractivity contribution is 0.343. The molecule has 0 radical (unpaired) electrons. The van der Waals surface area contributed by atoms with E-state index in [1.807, 2.05) is 48.5 Å². The van der Waals surface area contributed by atoms with Gasteiger partial charge >= 0.3 is 0 Å². The maximum absolute atomic E-state index is 10.8. The van der Waals surface area contributed by atoms with Gasteiger partial charge in [-0.2, -0.15) is 0 Å². The third-order valence-corrected chi connectivity index (χ3v) is 6.18. The van der Waals surface area contributed by atoms with Crippen LogP contribution >= 0.6 is 0 Å². The zero-order valence-corrected chi connectivity index (χ0v) is 18.1. The Labute approximate surface area is 188 Å². The van der Waals surface area contributed by atoms with Gasteiger partial charge in [0.2, 0.25) is 0 Å². The van der Waals surface area contributed by atoms with Crippen LogP contribution in [-0.2, 0) is 6.42 Å². The van der Waals surface area contributed by atoms with E-state index in [1.165, 1.54) is 31.5 Å². The Bertz CT molecular complexity index is 1240. The molecule has 32 heavy (non-hydrogen) atoms. The summed E-state index contributed by atoms with van der Waals surface area (Å²) in [5.74, 6) is 0.0930. The molecule has 1 aliphatic rings. The summed E-state index contributed by atoms with van der Waals surface area (Å²) in [6, 6.07) is 24.0. The van der Waals surface area contributed by atoms with Crippen LogP contribution in [0.1, 0.15) is 29.5 Å². The van der Waals surface area contributed by atoms with Crippen molar-refractivity contribution < 1.29 is 5.11 Å². The number of aliphatic imine (C=N–C) groups is 1. The number of aromatic nitrogens is 1. The Morgan fingerprint density at radius 3 is 2.47 bits per heavy atom. The van der Waals surface area contributed by atoms with Gasteiger partial charge in [-0.05, 0) is 68.2 Å². The molecule has 0 amide bonds. The fourth-order valence-corrected chi connectivity index (χ4v) is 4.46. The summed E-state index contributed by atoms with van der Waals surface area (Å²) in [5, 5.41) is 11.6. The molecule has 0 unspecified atom stereocenters. The van der Waals surface area contributed by atoms with E-state index in [0.29, 0.717) is 17.0 Å². The van der Waals surface area contributed by atoms with E-state index < -0.39 is 0 Å². The number of H-pyrrole nitrogens is 1. The molecule has 4 aromatic rings. The second-order valence-corrected chi connectivity index (χ2v) is 8.45. The third-order valence-electron chi connectivity index (χ3n) is 6.18. The largest absolute Gasteiger partial charge is 0.494 e. The lowest BCUT2D eigenvalue weighted by atomic mass is 10.0. The van der Waals surface area contributed by atoms with Gasteiger partial charge in [0.1, 0.15) is 0 Å². The number of likely N-dealkylation sites (tertiary alicyclic amines) is 1. The van der Waals surface area contributed by atoms with Crippen molar-refractivity contribution in [2.75, 3.05) is 25.4 Å². The number of fused-ring (bicyclic) bond motifs is 1. The van der Waals surface area contributed by atoms with E-state index in [-0.39, 0.29) is 5.88 Å². The van der Waals surface area contributed by atoms with Gasteiger partial charge in [0.25, 0.3) is 0 Å². The molecule has 1 aliphatic heterocycles. The van der Waals surface area contributed by atoms with Gasteiger partial charge in [-0.1, -0.05) is 42.5 Å². The van der Waals surface area contributed by atoms with Crippen molar-refractivity contribution in [2.45, 2.75) is 19.3 Å². The Balaban J connectivity index is 1.51. The van der Waals surface area contributed by atoms with Crippen molar-refractivity contribution >= 4 is 28.0 Å². The minimum Gasteiger partial charge on any atom is -0.494 e. The molecule has 2 heterocycles. The molecule has 3 aromatic carbocycles. The van der Waals surface area contributed by atoms with Crippen molar-refractivity contribution in [3.63, 3.8) is 0 Å². The number of nitrogens with two attached hydrogens (primary N) is 1. The highest BCUT2D eigenvalue weighted by molar-refractivity contribution is 6.22. The molecular formula is C27H28N4O. The van der Waals surface area contributed by atoms with Gasteiger partial charge in [-0.25, -0.2) is 4.99 Å². The molecule has 5 nitrogen and oxygen atoms in total. The van der Waals surface area contributed by atoms with E-state index in [4.69, 9.17) is 10.7 Å². The molecule has 4 N–H and O–H groups in total. The number of benzene rings is 3. The predicted octanol–water partition coefficient (Wildman–Crippen LogP) is 5.26. The van der Waals surface area contributed by atoms with Gasteiger partial charge in [-0.15, -0.1) is 0 Å². The monoisotopic (exact) mass is 424 g/mol. The minimum absolute atomic E-state index is 0.0930. The molecule has 0 spiro atoms. The van der Waals surface area contributed by atoms with Crippen molar-refractivity contribution in [1.82, 2.24) is 9.88 Å². The quantitative estimate of drug-likeness (QED) is 0.292. The number of aromatic hydroxyl groups is 1. The fraction of sp³-hybridized carbons (Fsp3) is 0.222. The Kier molecular flexibility index (Phi) is 5.65. The second-order valence-electron chi connectivity index (χ2n) is 8.45. The first kappa shape index (κ1) is 20.3. The zero-order valence-electron chi connectivity index (χ0n) is 18.1. The first-order valence-electron chi connectivity index (χ1n) is 11.2. The molecule has 1 saturated heterocycles. The fourth-order valence-electron chi connectivity index (χ4n) is 4.46. The number of anilines is 1. The normalized spacial score (nSPS) is 14.9.